The molecule has 0 radical (unpaired) electrons. The molecule has 2 aliphatic heterocycles. The van der Waals surface area contributed by atoms with Gasteiger partial charge in [-0.05, 0) is 43.4 Å². The van der Waals surface area contributed by atoms with E-state index in [0.717, 1.165) is 44.1 Å². The van der Waals surface area contributed by atoms with Crippen LogP contribution in [0.4, 0.5) is 11.4 Å². The van der Waals surface area contributed by atoms with Gasteiger partial charge in [0.1, 0.15) is 0 Å². The lowest BCUT2D eigenvalue weighted by Gasteiger charge is -2.19. The number of rotatable bonds is 1. The molecule has 5 rings (SSSR count). The molecule has 4 aliphatic rings. The minimum absolute atomic E-state index is 0.139. The van der Waals surface area contributed by atoms with Crippen LogP contribution in [0.5, 0.6) is 0 Å². The quantitative estimate of drug-likeness (QED) is 0.727. The first-order valence-electron chi connectivity index (χ1n) is 9.33. The third-order valence-electron chi connectivity index (χ3n) is 6.51. The zero-order valence-corrected chi connectivity index (χ0v) is 14.7. The summed E-state index contributed by atoms with van der Waals surface area (Å²) in [6.45, 7) is 1.37. The monoisotopic (exact) mass is 352 g/mol. The van der Waals surface area contributed by atoms with E-state index in [0.29, 0.717) is 11.4 Å². The smallest absolute Gasteiger partial charge is 0.244 e. The van der Waals surface area contributed by atoms with Crippen molar-refractivity contribution in [1.82, 2.24) is 0 Å². The maximum atomic E-state index is 12.8. The molecule has 0 aromatic heterocycles. The number of amides is 4. The van der Waals surface area contributed by atoms with E-state index in [1.807, 2.05) is 6.07 Å². The fourth-order valence-electron chi connectivity index (χ4n) is 5.03. The second kappa shape index (κ2) is 5.02. The zero-order chi connectivity index (χ0) is 18.2. The molecule has 2 atom stereocenters. The summed E-state index contributed by atoms with van der Waals surface area (Å²) in [5.74, 6) is -1.22. The summed E-state index contributed by atoms with van der Waals surface area (Å²) in [4.78, 5) is 52.9. The highest BCUT2D eigenvalue weighted by atomic mass is 16.2. The number of nitrogens with zero attached hydrogens (tertiary/aromatic N) is 2. The highest BCUT2D eigenvalue weighted by molar-refractivity contribution is 6.25. The highest BCUT2D eigenvalue weighted by Gasteiger charge is 2.60. The fraction of sp³-hybridized carbons (Fsp3) is 0.500. The summed E-state index contributed by atoms with van der Waals surface area (Å²) in [6.07, 6.45) is 4.97. The largest absolute Gasteiger partial charge is 0.274 e. The summed E-state index contributed by atoms with van der Waals surface area (Å²) >= 11 is 0. The lowest BCUT2D eigenvalue weighted by molar-refractivity contribution is -0.126. The highest BCUT2D eigenvalue weighted by Crippen LogP contribution is 2.58. The molecule has 0 N–H and O–H groups in total. The summed E-state index contributed by atoms with van der Waals surface area (Å²) in [5.41, 5.74) is 1.29. The van der Waals surface area contributed by atoms with Gasteiger partial charge in [0.05, 0.1) is 28.6 Å². The van der Waals surface area contributed by atoms with E-state index in [9.17, 15) is 19.2 Å². The van der Waals surface area contributed by atoms with E-state index in [1.165, 1.54) is 16.7 Å². The van der Waals surface area contributed by atoms with Crippen molar-refractivity contribution in [3.05, 3.63) is 23.8 Å². The first-order chi connectivity index (χ1) is 12.5. The zero-order valence-electron chi connectivity index (χ0n) is 14.7. The van der Waals surface area contributed by atoms with Gasteiger partial charge in [-0.2, -0.15) is 0 Å². The van der Waals surface area contributed by atoms with Crippen LogP contribution in [0.2, 0.25) is 0 Å². The van der Waals surface area contributed by atoms with E-state index < -0.39 is 5.41 Å². The molecule has 1 aromatic carbocycles. The molecule has 4 amide bonds. The number of benzene rings is 1. The van der Waals surface area contributed by atoms with Crippen molar-refractivity contribution in [2.45, 2.75) is 50.9 Å². The van der Waals surface area contributed by atoms with Crippen molar-refractivity contribution >= 4 is 35.0 Å². The Hall–Kier alpha value is -2.50. The standard InChI is InChI=1S/C20H20N2O4/c1-11(23)21-16-10-12(6-7-15(16)20(8-9-20)19(21)26)22-17(24)13-4-2-3-5-14(13)18(22)25/h6-7,10,13-14H,2-5,8-9H2,1H3. The van der Waals surface area contributed by atoms with Gasteiger partial charge in [-0.1, -0.05) is 18.9 Å². The van der Waals surface area contributed by atoms with Crippen molar-refractivity contribution in [3.8, 4) is 0 Å². The minimum atomic E-state index is -0.563. The van der Waals surface area contributed by atoms with Crippen molar-refractivity contribution in [2.24, 2.45) is 11.8 Å². The van der Waals surface area contributed by atoms with Crippen LogP contribution in [0.1, 0.15) is 51.0 Å². The summed E-state index contributed by atoms with van der Waals surface area (Å²) < 4.78 is 0. The van der Waals surface area contributed by atoms with E-state index in [4.69, 9.17) is 0 Å². The number of carbonyl (C=O) groups is 4. The molecule has 3 fully saturated rings. The van der Waals surface area contributed by atoms with Crippen LogP contribution in [0.3, 0.4) is 0 Å². The molecule has 6 heteroatoms. The van der Waals surface area contributed by atoms with Crippen LogP contribution < -0.4 is 9.80 Å². The molecule has 0 bridgehead atoms. The van der Waals surface area contributed by atoms with Crippen LogP contribution in [-0.2, 0) is 24.6 Å². The van der Waals surface area contributed by atoms with Crippen molar-refractivity contribution < 1.29 is 19.2 Å². The fourth-order valence-corrected chi connectivity index (χ4v) is 5.03. The third kappa shape index (κ3) is 1.82. The predicted octanol–water partition coefficient (Wildman–Crippen LogP) is 2.29. The topological polar surface area (TPSA) is 74.8 Å². The first kappa shape index (κ1) is 15.7. The SMILES string of the molecule is CC(=O)N1C(=O)C2(CC2)c2ccc(N3C(=O)C4CCCCC4C3=O)cc21. The van der Waals surface area contributed by atoms with Gasteiger partial charge in [-0.15, -0.1) is 0 Å². The van der Waals surface area contributed by atoms with Gasteiger partial charge in [0, 0.05) is 6.92 Å². The molecular weight excluding hydrogens is 332 g/mol. The molecule has 1 spiro atoms. The second-order valence-electron chi connectivity index (χ2n) is 7.95. The van der Waals surface area contributed by atoms with Gasteiger partial charge in [-0.3, -0.25) is 19.2 Å². The van der Waals surface area contributed by atoms with Crippen LogP contribution in [0.15, 0.2) is 18.2 Å². The van der Waals surface area contributed by atoms with Crippen LogP contribution in [0, 0.1) is 11.8 Å². The Morgan fingerprint density at radius 1 is 1.04 bits per heavy atom. The Balaban J connectivity index is 1.58. The van der Waals surface area contributed by atoms with Gasteiger partial charge >= 0.3 is 0 Å². The molecule has 26 heavy (non-hydrogen) atoms. The summed E-state index contributed by atoms with van der Waals surface area (Å²) in [6, 6.07) is 5.25. The van der Waals surface area contributed by atoms with E-state index in [2.05, 4.69) is 0 Å². The summed E-state index contributed by atoms with van der Waals surface area (Å²) in [7, 11) is 0. The van der Waals surface area contributed by atoms with Gasteiger partial charge in [0.15, 0.2) is 0 Å². The molecular formula is C20H20N2O4. The van der Waals surface area contributed by atoms with Crippen LogP contribution in [0.25, 0.3) is 0 Å². The van der Waals surface area contributed by atoms with E-state index in [1.54, 1.807) is 12.1 Å². The van der Waals surface area contributed by atoms with Gasteiger partial charge in [0.2, 0.25) is 23.6 Å². The van der Waals surface area contributed by atoms with E-state index >= 15 is 0 Å². The Morgan fingerprint density at radius 3 is 2.19 bits per heavy atom. The molecule has 6 nitrogen and oxygen atoms in total. The normalized spacial score (nSPS) is 28.6. The summed E-state index contributed by atoms with van der Waals surface area (Å²) in [5, 5.41) is 0. The van der Waals surface area contributed by atoms with Crippen molar-refractivity contribution in [3.63, 3.8) is 0 Å². The Morgan fingerprint density at radius 2 is 1.65 bits per heavy atom. The van der Waals surface area contributed by atoms with Crippen molar-refractivity contribution in [2.75, 3.05) is 9.80 Å². The molecule has 2 saturated carbocycles. The number of anilines is 2. The Bertz CT molecular complexity index is 862. The predicted molar refractivity (Wildman–Crippen MR) is 93.5 cm³/mol. The number of hydrogen-bond donors (Lipinski definition) is 0. The number of hydrogen-bond acceptors (Lipinski definition) is 4. The van der Waals surface area contributed by atoms with Gasteiger partial charge in [-0.25, -0.2) is 9.80 Å². The lowest BCUT2D eigenvalue weighted by Crippen LogP contribution is -2.35. The van der Waals surface area contributed by atoms with Crippen LogP contribution in [-0.4, -0.2) is 23.6 Å². The maximum Gasteiger partial charge on any atom is 0.244 e. The second-order valence-corrected chi connectivity index (χ2v) is 7.95. The lowest BCUT2D eigenvalue weighted by atomic mass is 9.81. The molecule has 1 aromatic rings. The number of imide groups is 2. The maximum absolute atomic E-state index is 12.8. The molecule has 2 aliphatic carbocycles. The van der Waals surface area contributed by atoms with Crippen molar-refractivity contribution in [1.29, 1.82) is 0 Å². The third-order valence-corrected chi connectivity index (χ3v) is 6.51. The first-order valence-corrected chi connectivity index (χ1v) is 9.33. The van der Waals surface area contributed by atoms with Gasteiger partial charge < -0.3 is 0 Å². The molecule has 1 saturated heterocycles. The Labute approximate surface area is 151 Å². The molecule has 134 valence electrons. The van der Waals surface area contributed by atoms with Gasteiger partial charge in [0.25, 0.3) is 0 Å². The number of carbonyl (C=O) groups excluding carboxylic acids is 4. The average Bonchev–Trinajstić information content (AvgIpc) is 3.33. The molecule has 2 unspecified atom stereocenters. The average molecular weight is 352 g/mol. The molecule has 2 heterocycles. The van der Waals surface area contributed by atoms with E-state index in [-0.39, 0.29) is 35.5 Å². The minimum Gasteiger partial charge on any atom is -0.274 e. The number of fused-ring (bicyclic) bond motifs is 3. The van der Waals surface area contributed by atoms with Crippen LogP contribution >= 0.6 is 0 Å². The Kier molecular flexibility index (Phi) is 3.04.